The molecular formula is C38H63BN2O6. The number of alkyl carbamates (subject to hydrolysis) is 2. The maximum Gasteiger partial charge on any atom is 0.412 e. The number of hydrogen-bond acceptors (Lipinski definition) is 6. The lowest BCUT2D eigenvalue weighted by atomic mass is 9.62. The first kappa shape index (κ1) is 40.2. The van der Waals surface area contributed by atoms with Crippen LogP contribution >= 0.6 is 0 Å². The highest BCUT2D eigenvalue weighted by Crippen LogP contribution is 2.45. The van der Waals surface area contributed by atoms with Crippen LogP contribution in [0.3, 0.4) is 0 Å². The Labute approximate surface area is 286 Å². The zero-order valence-corrected chi connectivity index (χ0v) is 30.2. The molecule has 2 N–H and O–H groups in total. The zero-order chi connectivity index (χ0) is 34.5. The number of carbonyl (C=O) groups is 3. The predicted octanol–water partition coefficient (Wildman–Crippen LogP) is 8.58. The van der Waals surface area contributed by atoms with Gasteiger partial charge in [-0.2, -0.15) is 0 Å². The molecule has 0 aliphatic heterocycles. The number of unbranched alkanes of at least 4 members (excludes halogenated alkanes) is 9. The highest BCUT2D eigenvalue weighted by atomic mass is 16.6. The lowest BCUT2D eigenvalue weighted by Gasteiger charge is -2.46. The van der Waals surface area contributed by atoms with Crippen molar-refractivity contribution in [3.63, 3.8) is 0 Å². The second-order valence-electron chi connectivity index (χ2n) is 14.8. The summed E-state index contributed by atoms with van der Waals surface area (Å²) in [6.07, 6.45) is 27.2. The Bertz CT molecular complexity index is 1100. The Hall–Kier alpha value is -2.97. The summed E-state index contributed by atoms with van der Waals surface area (Å²) in [5.41, 5.74) is 1.29. The molecule has 0 aromatic heterocycles. The third kappa shape index (κ3) is 18.2. The van der Waals surface area contributed by atoms with Gasteiger partial charge in [-0.25, -0.2) is 14.4 Å². The average Bonchev–Trinajstić information content (AvgIpc) is 2.99. The number of hydrogen-bond donors (Lipinski definition) is 2. The van der Waals surface area contributed by atoms with Gasteiger partial charge in [-0.15, -0.1) is 0 Å². The molecule has 2 amide bonds. The van der Waals surface area contributed by atoms with Gasteiger partial charge in [0, 0.05) is 19.0 Å². The predicted molar refractivity (Wildman–Crippen MR) is 193 cm³/mol. The fourth-order valence-corrected chi connectivity index (χ4v) is 6.95. The highest BCUT2D eigenvalue weighted by molar-refractivity contribution is 6.34. The Morgan fingerprint density at radius 1 is 0.936 bits per heavy atom. The van der Waals surface area contributed by atoms with E-state index in [1.165, 1.54) is 69.8 Å². The normalized spacial score (nSPS) is 20.6. The van der Waals surface area contributed by atoms with Gasteiger partial charge >= 0.3 is 18.2 Å². The molecule has 2 unspecified atom stereocenters. The van der Waals surface area contributed by atoms with Crippen LogP contribution in [0.2, 0.25) is 0 Å². The fourth-order valence-electron chi connectivity index (χ4n) is 6.95. The molecule has 2 aliphatic rings. The second kappa shape index (κ2) is 21.8. The summed E-state index contributed by atoms with van der Waals surface area (Å²) < 4.78 is 15.9. The van der Waals surface area contributed by atoms with Crippen LogP contribution in [0.5, 0.6) is 0 Å². The van der Waals surface area contributed by atoms with Gasteiger partial charge in [0.25, 0.3) is 0 Å². The van der Waals surface area contributed by atoms with E-state index < -0.39 is 18.2 Å². The van der Waals surface area contributed by atoms with Crippen molar-refractivity contribution >= 4 is 26.0 Å². The van der Waals surface area contributed by atoms with Crippen LogP contribution in [-0.4, -0.2) is 51.8 Å². The molecule has 2 aliphatic carbocycles. The summed E-state index contributed by atoms with van der Waals surface area (Å²) in [6.45, 7) is 12.6. The average molecular weight is 655 g/mol. The van der Waals surface area contributed by atoms with E-state index >= 15 is 0 Å². The van der Waals surface area contributed by atoms with Crippen LogP contribution in [0.25, 0.3) is 0 Å². The number of rotatable bonds is 21. The first-order valence-electron chi connectivity index (χ1n) is 18.2. The van der Waals surface area contributed by atoms with Gasteiger partial charge < -0.3 is 24.8 Å². The van der Waals surface area contributed by atoms with Gasteiger partial charge in [-0.3, -0.25) is 0 Å². The van der Waals surface area contributed by atoms with E-state index in [1.54, 1.807) is 7.85 Å². The number of allylic oxidation sites excluding steroid dienone is 6. The van der Waals surface area contributed by atoms with Crippen molar-refractivity contribution < 1.29 is 28.6 Å². The van der Waals surface area contributed by atoms with Crippen molar-refractivity contribution in [1.82, 2.24) is 10.6 Å². The fraction of sp³-hybridized carbons (Fsp3) is 0.711. The number of ether oxygens (including phenoxy) is 3. The molecule has 0 saturated heterocycles. The highest BCUT2D eigenvalue weighted by Gasteiger charge is 2.42. The molecule has 47 heavy (non-hydrogen) atoms. The van der Waals surface area contributed by atoms with Crippen LogP contribution in [0.4, 0.5) is 9.59 Å². The monoisotopic (exact) mass is 654 g/mol. The third-order valence-electron chi connectivity index (χ3n) is 8.92. The molecule has 0 radical (unpaired) electrons. The van der Waals surface area contributed by atoms with Crippen molar-refractivity contribution in [2.24, 2.45) is 10.8 Å². The van der Waals surface area contributed by atoms with Crippen LogP contribution < -0.4 is 10.6 Å². The number of carbonyl (C=O) groups excluding carboxylic acids is 3. The summed E-state index contributed by atoms with van der Waals surface area (Å²) in [6, 6.07) is -0.0730. The molecule has 2 atom stereocenters. The molecule has 9 heteroatoms. The number of esters is 1. The minimum absolute atomic E-state index is 0.0250. The van der Waals surface area contributed by atoms with Crippen LogP contribution in [-0.2, 0) is 19.0 Å². The topological polar surface area (TPSA) is 103 Å². The molecular weight excluding hydrogens is 591 g/mol. The SMILES string of the molecule is BC(=C)C(=O)OCCOC(=O)NCC1(C)CC(NC(=O)OC2=CC(CCCCCCC/C=C/CCCCCC)=CCC2)CC(C)(C)C1. The van der Waals surface area contributed by atoms with Crippen molar-refractivity contribution in [3.8, 4) is 0 Å². The molecule has 8 nitrogen and oxygen atoms in total. The van der Waals surface area contributed by atoms with Crippen molar-refractivity contribution in [1.29, 1.82) is 0 Å². The van der Waals surface area contributed by atoms with Crippen LogP contribution in [0, 0.1) is 10.8 Å². The zero-order valence-electron chi connectivity index (χ0n) is 30.2. The Morgan fingerprint density at radius 3 is 2.30 bits per heavy atom. The molecule has 0 heterocycles. The standard InChI is InChI=1S/C38H63BN2O6/c1-6-7-8-9-10-11-12-13-14-15-16-17-18-20-31-21-19-22-33(25-31)47-36(44)41-32-26-37(3,4)28-38(5,27-32)29-40-35(43)46-24-23-45-34(42)30(2)39/h11-12,21,25,32H,2,6-10,13-20,22-24,26-29,39H2,1,3-5H3,(H,40,43)(H,41,44)/b12-11+. The van der Waals surface area contributed by atoms with E-state index in [0.29, 0.717) is 18.4 Å². The molecule has 0 aromatic rings. The summed E-state index contributed by atoms with van der Waals surface area (Å²) in [5, 5.41) is 5.96. The maximum absolute atomic E-state index is 13.0. The van der Waals surface area contributed by atoms with Crippen LogP contribution in [0.1, 0.15) is 137 Å². The molecule has 0 spiro atoms. The van der Waals surface area contributed by atoms with Gasteiger partial charge in [0.2, 0.25) is 0 Å². The number of nitrogens with one attached hydrogen (secondary N) is 2. The van der Waals surface area contributed by atoms with E-state index in [4.69, 9.17) is 14.2 Å². The summed E-state index contributed by atoms with van der Waals surface area (Å²) in [7, 11) is 1.56. The van der Waals surface area contributed by atoms with Gasteiger partial charge in [0.05, 0.1) is 0 Å². The first-order chi connectivity index (χ1) is 22.4. The summed E-state index contributed by atoms with van der Waals surface area (Å²) in [4.78, 5) is 36.7. The van der Waals surface area contributed by atoms with Gasteiger partial charge in [0.1, 0.15) is 26.8 Å². The third-order valence-corrected chi connectivity index (χ3v) is 8.92. The van der Waals surface area contributed by atoms with Crippen LogP contribution in [0.15, 0.2) is 47.7 Å². The van der Waals surface area contributed by atoms with E-state index in [-0.39, 0.29) is 30.1 Å². The smallest absolute Gasteiger partial charge is 0.412 e. The molecule has 0 bridgehead atoms. The van der Waals surface area contributed by atoms with Crippen molar-refractivity contribution in [2.45, 2.75) is 143 Å². The Kier molecular flexibility index (Phi) is 18.7. The second-order valence-corrected chi connectivity index (χ2v) is 14.8. The van der Waals surface area contributed by atoms with Gasteiger partial charge in [0.15, 0.2) is 0 Å². The quantitative estimate of drug-likeness (QED) is 0.0321. The molecule has 1 saturated carbocycles. The molecule has 264 valence electrons. The van der Waals surface area contributed by atoms with E-state index in [1.807, 2.05) is 0 Å². The largest absolute Gasteiger partial charge is 0.459 e. The van der Waals surface area contributed by atoms with Crippen molar-refractivity contribution in [2.75, 3.05) is 19.8 Å². The molecule has 2 rings (SSSR count). The van der Waals surface area contributed by atoms with E-state index in [0.717, 1.165) is 44.3 Å². The lowest BCUT2D eigenvalue weighted by Crippen LogP contribution is -2.50. The molecule has 0 aromatic carbocycles. The minimum atomic E-state index is -0.561. The minimum Gasteiger partial charge on any atom is -0.459 e. The van der Waals surface area contributed by atoms with E-state index in [9.17, 15) is 14.4 Å². The lowest BCUT2D eigenvalue weighted by molar-refractivity contribution is -0.139. The van der Waals surface area contributed by atoms with Crippen molar-refractivity contribution in [3.05, 3.63) is 47.7 Å². The Balaban J connectivity index is 1.68. The first-order valence-corrected chi connectivity index (χ1v) is 18.2. The van der Waals surface area contributed by atoms with Gasteiger partial charge in [-0.05, 0) is 92.2 Å². The van der Waals surface area contributed by atoms with Gasteiger partial charge in [-0.1, -0.05) is 91.0 Å². The Morgan fingerprint density at radius 2 is 1.60 bits per heavy atom. The molecule has 1 fully saturated rings. The van der Waals surface area contributed by atoms with E-state index in [2.05, 4.69) is 69.2 Å². The maximum atomic E-state index is 13.0. The summed E-state index contributed by atoms with van der Waals surface area (Å²) in [5.74, 6) is 0.223. The summed E-state index contributed by atoms with van der Waals surface area (Å²) >= 11 is 0. The number of amides is 2.